The van der Waals surface area contributed by atoms with Gasteiger partial charge in [0.25, 0.3) is 0 Å². The van der Waals surface area contributed by atoms with Gasteiger partial charge in [-0.25, -0.2) is 4.98 Å². The Morgan fingerprint density at radius 2 is 1.95 bits per heavy atom. The molecule has 4 heteroatoms. The minimum absolute atomic E-state index is 0.855. The number of anilines is 1. The second-order valence-corrected chi connectivity index (χ2v) is 4.77. The van der Waals surface area contributed by atoms with Crippen molar-refractivity contribution in [2.24, 2.45) is 0 Å². The molecular formula is C15H19N3O. The summed E-state index contributed by atoms with van der Waals surface area (Å²) in [6.07, 6.45) is 0. The van der Waals surface area contributed by atoms with Gasteiger partial charge < -0.3 is 10.1 Å². The van der Waals surface area contributed by atoms with E-state index in [1.165, 1.54) is 5.39 Å². The Hall–Kier alpha value is -1.65. The molecule has 1 aliphatic rings. The smallest absolute Gasteiger partial charge is 0.126 e. The van der Waals surface area contributed by atoms with Crippen LogP contribution in [0.2, 0.25) is 0 Å². The maximum absolute atomic E-state index is 5.34. The van der Waals surface area contributed by atoms with Gasteiger partial charge in [-0.1, -0.05) is 18.2 Å². The minimum Gasteiger partial charge on any atom is -0.379 e. The van der Waals surface area contributed by atoms with E-state index in [1.807, 2.05) is 24.3 Å². The van der Waals surface area contributed by atoms with Crippen LogP contribution in [0, 0.1) is 0 Å². The Bertz CT molecular complexity index is 538. The predicted octanol–water partition coefficient (Wildman–Crippen LogP) is 1.98. The highest BCUT2D eigenvalue weighted by molar-refractivity contribution is 5.79. The summed E-state index contributed by atoms with van der Waals surface area (Å²) in [6.45, 7) is 5.74. The lowest BCUT2D eigenvalue weighted by Gasteiger charge is -2.26. The first-order valence-corrected chi connectivity index (χ1v) is 6.81. The van der Waals surface area contributed by atoms with E-state index in [9.17, 15) is 0 Å². The summed E-state index contributed by atoms with van der Waals surface area (Å²) in [4.78, 5) is 7.02. The van der Waals surface area contributed by atoms with E-state index in [1.54, 1.807) is 0 Å². The number of hydrogen-bond acceptors (Lipinski definition) is 4. The Labute approximate surface area is 113 Å². The number of fused-ring (bicyclic) bond motifs is 1. The van der Waals surface area contributed by atoms with Gasteiger partial charge in [0.1, 0.15) is 5.82 Å². The van der Waals surface area contributed by atoms with Crippen molar-refractivity contribution in [2.45, 2.75) is 0 Å². The highest BCUT2D eigenvalue weighted by atomic mass is 16.5. The largest absolute Gasteiger partial charge is 0.379 e. The molecule has 19 heavy (non-hydrogen) atoms. The number of nitrogens with one attached hydrogen (secondary N) is 1. The summed E-state index contributed by atoms with van der Waals surface area (Å²) in [5.74, 6) is 0.951. The third-order valence-corrected chi connectivity index (χ3v) is 3.44. The van der Waals surface area contributed by atoms with E-state index >= 15 is 0 Å². The molecule has 4 nitrogen and oxygen atoms in total. The third kappa shape index (κ3) is 3.22. The first-order chi connectivity index (χ1) is 9.42. The van der Waals surface area contributed by atoms with Crippen molar-refractivity contribution in [1.82, 2.24) is 9.88 Å². The number of para-hydroxylation sites is 1. The molecule has 1 N–H and O–H groups in total. The Kier molecular flexibility index (Phi) is 3.91. The molecule has 0 aliphatic carbocycles. The molecule has 2 aromatic rings. The zero-order chi connectivity index (χ0) is 12.9. The molecule has 1 saturated heterocycles. The lowest BCUT2D eigenvalue weighted by Crippen LogP contribution is -2.39. The zero-order valence-corrected chi connectivity index (χ0v) is 11.0. The van der Waals surface area contributed by atoms with Crippen molar-refractivity contribution >= 4 is 16.7 Å². The molecule has 100 valence electrons. The van der Waals surface area contributed by atoms with Crippen LogP contribution < -0.4 is 5.32 Å². The van der Waals surface area contributed by atoms with Gasteiger partial charge in [-0.2, -0.15) is 0 Å². The van der Waals surface area contributed by atoms with Crippen molar-refractivity contribution in [1.29, 1.82) is 0 Å². The molecule has 0 radical (unpaired) electrons. The van der Waals surface area contributed by atoms with Gasteiger partial charge in [-0.15, -0.1) is 0 Å². The average molecular weight is 257 g/mol. The van der Waals surface area contributed by atoms with Crippen LogP contribution in [0.4, 0.5) is 5.82 Å². The van der Waals surface area contributed by atoms with E-state index in [0.717, 1.165) is 50.7 Å². The molecular weight excluding hydrogens is 238 g/mol. The van der Waals surface area contributed by atoms with Crippen LogP contribution in [-0.4, -0.2) is 49.3 Å². The molecule has 0 amide bonds. The molecule has 1 aromatic heterocycles. The summed E-state index contributed by atoms with van der Waals surface area (Å²) >= 11 is 0. The number of hydrogen-bond donors (Lipinski definition) is 1. The number of aromatic nitrogens is 1. The summed E-state index contributed by atoms with van der Waals surface area (Å²) in [5.41, 5.74) is 1.04. The highest BCUT2D eigenvalue weighted by Gasteiger charge is 2.09. The molecule has 0 spiro atoms. The van der Waals surface area contributed by atoms with Crippen molar-refractivity contribution in [2.75, 3.05) is 44.7 Å². The van der Waals surface area contributed by atoms with Crippen molar-refractivity contribution in [3.8, 4) is 0 Å². The first-order valence-electron chi connectivity index (χ1n) is 6.81. The van der Waals surface area contributed by atoms with Gasteiger partial charge in [-0.05, 0) is 18.2 Å². The fourth-order valence-electron chi connectivity index (χ4n) is 2.33. The highest BCUT2D eigenvalue weighted by Crippen LogP contribution is 2.14. The average Bonchev–Trinajstić information content (AvgIpc) is 2.48. The number of benzene rings is 1. The van der Waals surface area contributed by atoms with Crippen LogP contribution in [0.3, 0.4) is 0 Å². The van der Waals surface area contributed by atoms with Crippen LogP contribution in [0.15, 0.2) is 36.4 Å². The molecule has 1 aliphatic heterocycles. The lowest BCUT2D eigenvalue weighted by molar-refractivity contribution is 0.0398. The van der Waals surface area contributed by atoms with Crippen molar-refractivity contribution in [3.63, 3.8) is 0 Å². The third-order valence-electron chi connectivity index (χ3n) is 3.44. The van der Waals surface area contributed by atoms with Gasteiger partial charge >= 0.3 is 0 Å². The van der Waals surface area contributed by atoms with Crippen molar-refractivity contribution < 1.29 is 4.74 Å². The van der Waals surface area contributed by atoms with Gasteiger partial charge in [-0.3, -0.25) is 4.90 Å². The van der Waals surface area contributed by atoms with Crippen LogP contribution in [-0.2, 0) is 4.74 Å². The second-order valence-electron chi connectivity index (χ2n) is 4.77. The minimum atomic E-state index is 0.855. The quantitative estimate of drug-likeness (QED) is 0.909. The molecule has 1 aromatic carbocycles. The monoisotopic (exact) mass is 257 g/mol. The van der Waals surface area contributed by atoms with Crippen LogP contribution in [0.5, 0.6) is 0 Å². The fourth-order valence-corrected chi connectivity index (χ4v) is 2.33. The summed E-state index contributed by atoms with van der Waals surface area (Å²) in [6, 6.07) is 12.3. The maximum Gasteiger partial charge on any atom is 0.126 e. The van der Waals surface area contributed by atoms with Crippen molar-refractivity contribution in [3.05, 3.63) is 36.4 Å². The second kappa shape index (κ2) is 5.99. The van der Waals surface area contributed by atoms with E-state index in [4.69, 9.17) is 4.74 Å². The molecule has 0 unspecified atom stereocenters. The van der Waals surface area contributed by atoms with Gasteiger partial charge in [0.2, 0.25) is 0 Å². The first kappa shape index (κ1) is 12.4. The van der Waals surface area contributed by atoms with Gasteiger partial charge in [0.15, 0.2) is 0 Å². The molecule has 2 heterocycles. The van der Waals surface area contributed by atoms with E-state index in [0.29, 0.717) is 0 Å². The Morgan fingerprint density at radius 3 is 2.84 bits per heavy atom. The van der Waals surface area contributed by atoms with E-state index in [2.05, 4.69) is 27.3 Å². The molecule has 1 fully saturated rings. The molecule has 0 atom stereocenters. The van der Waals surface area contributed by atoms with E-state index in [-0.39, 0.29) is 0 Å². The van der Waals surface area contributed by atoms with Gasteiger partial charge in [0, 0.05) is 31.6 Å². The number of rotatable bonds is 4. The normalized spacial score (nSPS) is 16.6. The number of nitrogens with zero attached hydrogens (tertiary/aromatic N) is 2. The van der Waals surface area contributed by atoms with Gasteiger partial charge in [0.05, 0.1) is 18.7 Å². The summed E-state index contributed by atoms with van der Waals surface area (Å²) in [5, 5.41) is 4.57. The molecule has 0 bridgehead atoms. The SMILES string of the molecule is c1ccc2nc(NCCN3CCOCC3)ccc2c1. The van der Waals surface area contributed by atoms with Crippen LogP contribution >= 0.6 is 0 Å². The maximum atomic E-state index is 5.34. The summed E-state index contributed by atoms with van der Waals surface area (Å²) in [7, 11) is 0. The number of ether oxygens (including phenoxy) is 1. The molecule has 0 saturated carbocycles. The zero-order valence-electron chi connectivity index (χ0n) is 11.0. The Morgan fingerprint density at radius 1 is 1.11 bits per heavy atom. The number of pyridine rings is 1. The Balaban J connectivity index is 1.56. The number of morpholine rings is 1. The topological polar surface area (TPSA) is 37.4 Å². The van der Waals surface area contributed by atoms with E-state index < -0.39 is 0 Å². The lowest BCUT2D eigenvalue weighted by atomic mass is 10.2. The summed E-state index contributed by atoms with van der Waals surface area (Å²) < 4.78 is 5.34. The standard InChI is InChI=1S/C15H19N3O/c1-2-4-14-13(3-1)5-6-15(17-14)16-7-8-18-9-11-19-12-10-18/h1-6H,7-12H2,(H,16,17). The van der Waals surface area contributed by atoms with Crippen LogP contribution in [0.1, 0.15) is 0 Å². The van der Waals surface area contributed by atoms with Crippen LogP contribution in [0.25, 0.3) is 10.9 Å². The fraction of sp³-hybridized carbons (Fsp3) is 0.400. The molecule has 3 rings (SSSR count). The predicted molar refractivity (Wildman–Crippen MR) is 77.5 cm³/mol.